The Labute approximate surface area is 148 Å². The van der Waals surface area contributed by atoms with E-state index in [-0.39, 0.29) is 5.91 Å². The van der Waals surface area contributed by atoms with E-state index in [1.807, 2.05) is 55.5 Å². The van der Waals surface area contributed by atoms with Crippen LogP contribution in [0.2, 0.25) is 0 Å². The monoisotopic (exact) mass is 340 g/mol. The smallest absolute Gasteiger partial charge is 0.265 e. The van der Waals surface area contributed by atoms with Crippen molar-refractivity contribution in [1.82, 2.24) is 0 Å². The maximum atomic E-state index is 12.3. The molecule has 0 saturated carbocycles. The molecule has 1 unspecified atom stereocenters. The first-order valence-electron chi connectivity index (χ1n) is 8.59. The van der Waals surface area contributed by atoms with Gasteiger partial charge in [0.25, 0.3) is 5.91 Å². The van der Waals surface area contributed by atoms with Crippen LogP contribution in [0.5, 0.6) is 5.75 Å². The lowest BCUT2D eigenvalue weighted by molar-refractivity contribution is -0.122. The average Bonchev–Trinajstić information content (AvgIpc) is 2.65. The molecule has 1 saturated heterocycles. The molecule has 2 aromatic carbocycles. The summed E-state index contributed by atoms with van der Waals surface area (Å²) in [5, 5.41) is 2.90. The maximum absolute atomic E-state index is 12.3. The van der Waals surface area contributed by atoms with E-state index >= 15 is 0 Å². The Kier molecular flexibility index (Phi) is 5.56. The van der Waals surface area contributed by atoms with Gasteiger partial charge in [-0.05, 0) is 50.2 Å². The molecule has 0 aliphatic carbocycles. The standard InChI is InChI=1S/C20H24N2O3/c1-15-3-9-19(10-4-15)25-16(2)20(23)21-17-5-7-18(8-6-17)22-11-13-24-14-12-22/h3-10,16H,11-14H2,1-2H3,(H,21,23). The molecule has 1 N–H and O–H groups in total. The lowest BCUT2D eigenvalue weighted by atomic mass is 10.2. The number of rotatable bonds is 5. The first kappa shape index (κ1) is 17.3. The van der Waals surface area contributed by atoms with Gasteiger partial charge in [0.05, 0.1) is 13.2 Å². The molecule has 1 fully saturated rings. The van der Waals surface area contributed by atoms with Gasteiger partial charge in [0.1, 0.15) is 5.75 Å². The number of aryl methyl sites for hydroxylation is 1. The summed E-state index contributed by atoms with van der Waals surface area (Å²) in [6.07, 6.45) is -0.568. The van der Waals surface area contributed by atoms with Gasteiger partial charge in [0.2, 0.25) is 0 Å². The number of amides is 1. The van der Waals surface area contributed by atoms with E-state index in [0.717, 1.165) is 43.2 Å². The third-order valence-electron chi connectivity index (χ3n) is 4.21. The molecule has 0 bridgehead atoms. The van der Waals surface area contributed by atoms with Gasteiger partial charge in [-0.25, -0.2) is 0 Å². The number of morpholine rings is 1. The molecule has 1 aliphatic rings. The fraction of sp³-hybridized carbons (Fsp3) is 0.350. The number of carbonyl (C=O) groups excluding carboxylic acids is 1. The molecule has 5 nitrogen and oxygen atoms in total. The lowest BCUT2D eigenvalue weighted by Gasteiger charge is -2.29. The number of nitrogens with zero attached hydrogens (tertiary/aromatic N) is 1. The van der Waals surface area contributed by atoms with Gasteiger partial charge >= 0.3 is 0 Å². The third kappa shape index (κ3) is 4.73. The minimum atomic E-state index is -0.568. The van der Waals surface area contributed by atoms with Gasteiger partial charge in [-0.2, -0.15) is 0 Å². The number of hydrogen-bond acceptors (Lipinski definition) is 4. The van der Waals surface area contributed by atoms with E-state index in [9.17, 15) is 4.79 Å². The van der Waals surface area contributed by atoms with E-state index < -0.39 is 6.10 Å². The summed E-state index contributed by atoms with van der Waals surface area (Å²) in [5.41, 5.74) is 3.07. The second-order valence-electron chi connectivity index (χ2n) is 6.21. The molecule has 132 valence electrons. The van der Waals surface area contributed by atoms with Crippen LogP contribution in [0.3, 0.4) is 0 Å². The molecular formula is C20H24N2O3. The van der Waals surface area contributed by atoms with E-state index in [2.05, 4.69) is 10.2 Å². The quantitative estimate of drug-likeness (QED) is 0.908. The Bertz CT molecular complexity index is 692. The van der Waals surface area contributed by atoms with Crippen LogP contribution in [0.15, 0.2) is 48.5 Å². The fourth-order valence-corrected chi connectivity index (χ4v) is 2.70. The van der Waals surface area contributed by atoms with Crippen LogP contribution < -0.4 is 15.0 Å². The first-order valence-corrected chi connectivity index (χ1v) is 8.59. The summed E-state index contributed by atoms with van der Waals surface area (Å²) in [6.45, 7) is 7.07. The summed E-state index contributed by atoms with van der Waals surface area (Å²) in [5.74, 6) is 0.524. The summed E-state index contributed by atoms with van der Waals surface area (Å²) < 4.78 is 11.1. The fourth-order valence-electron chi connectivity index (χ4n) is 2.70. The van der Waals surface area contributed by atoms with Crippen molar-refractivity contribution in [2.24, 2.45) is 0 Å². The number of benzene rings is 2. The highest BCUT2D eigenvalue weighted by molar-refractivity contribution is 5.94. The normalized spacial score (nSPS) is 15.5. The number of nitrogens with one attached hydrogen (secondary N) is 1. The highest BCUT2D eigenvalue weighted by atomic mass is 16.5. The van der Waals surface area contributed by atoms with Crippen LogP contribution in [0.1, 0.15) is 12.5 Å². The molecule has 1 aliphatic heterocycles. The molecule has 1 amide bonds. The zero-order valence-corrected chi connectivity index (χ0v) is 14.7. The Morgan fingerprint density at radius 1 is 1.08 bits per heavy atom. The number of carbonyl (C=O) groups is 1. The third-order valence-corrected chi connectivity index (χ3v) is 4.21. The van der Waals surface area contributed by atoms with Crippen molar-refractivity contribution >= 4 is 17.3 Å². The molecule has 1 atom stereocenters. The summed E-state index contributed by atoms with van der Waals surface area (Å²) >= 11 is 0. The maximum Gasteiger partial charge on any atom is 0.265 e. The van der Waals surface area contributed by atoms with E-state index in [1.54, 1.807) is 6.92 Å². The van der Waals surface area contributed by atoms with Crippen LogP contribution >= 0.6 is 0 Å². The second-order valence-corrected chi connectivity index (χ2v) is 6.21. The highest BCUT2D eigenvalue weighted by Crippen LogP contribution is 2.20. The Hall–Kier alpha value is -2.53. The zero-order valence-electron chi connectivity index (χ0n) is 14.7. The van der Waals surface area contributed by atoms with Crippen molar-refractivity contribution < 1.29 is 14.3 Å². The Balaban J connectivity index is 1.55. The predicted octanol–water partition coefficient (Wildman–Crippen LogP) is 3.24. The van der Waals surface area contributed by atoms with Crippen molar-refractivity contribution in [2.75, 3.05) is 36.5 Å². The van der Waals surface area contributed by atoms with Crippen LogP contribution in [0.25, 0.3) is 0 Å². The van der Waals surface area contributed by atoms with Crippen LogP contribution in [-0.4, -0.2) is 38.3 Å². The second kappa shape index (κ2) is 8.03. The molecule has 2 aromatic rings. The van der Waals surface area contributed by atoms with Gasteiger partial charge in [0, 0.05) is 24.5 Å². The van der Waals surface area contributed by atoms with Gasteiger partial charge in [-0.3, -0.25) is 4.79 Å². The molecule has 0 radical (unpaired) electrons. The average molecular weight is 340 g/mol. The summed E-state index contributed by atoms with van der Waals surface area (Å²) in [4.78, 5) is 14.6. The van der Waals surface area contributed by atoms with Crippen molar-refractivity contribution in [2.45, 2.75) is 20.0 Å². The molecule has 3 rings (SSSR count). The SMILES string of the molecule is Cc1ccc(OC(C)C(=O)Nc2ccc(N3CCOCC3)cc2)cc1. The molecule has 5 heteroatoms. The number of hydrogen-bond donors (Lipinski definition) is 1. The van der Waals surface area contributed by atoms with E-state index in [0.29, 0.717) is 5.75 Å². The molecule has 0 aromatic heterocycles. The van der Waals surface area contributed by atoms with Crippen molar-refractivity contribution in [3.05, 3.63) is 54.1 Å². The predicted molar refractivity (Wildman–Crippen MR) is 99.4 cm³/mol. The van der Waals surface area contributed by atoms with Gasteiger partial charge in [0.15, 0.2) is 6.10 Å². The highest BCUT2D eigenvalue weighted by Gasteiger charge is 2.15. The van der Waals surface area contributed by atoms with Gasteiger partial charge in [-0.1, -0.05) is 17.7 Å². The summed E-state index contributed by atoms with van der Waals surface area (Å²) in [7, 11) is 0. The number of ether oxygens (including phenoxy) is 2. The minimum absolute atomic E-state index is 0.167. The Morgan fingerprint density at radius 2 is 1.72 bits per heavy atom. The number of anilines is 2. The molecule has 1 heterocycles. The largest absolute Gasteiger partial charge is 0.481 e. The van der Waals surface area contributed by atoms with Crippen LogP contribution in [0.4, 0.5) is 11.4 Å². The minimum Gasteiger partial charge on any atom is -0.481 e. The lowest BCUT2D eigenvalue weighted by Crippen LogP contribution is -2.36. The zero-order chi connectivity index (χ0) is 17.6. The van der Waals surface area contributed by atoms with Gasteiger partial charge in [-0.15, -0.1) is 0 Å². The Morgan fingerprint density at radius 3 is 2.36 bits per heavy atom. The first-order chi connectivity index (χ1) is 12.1. The molecule has 25 heavy (non-hydrogen) atoms. The van der Waals surface area contributed by atoms with Gasteiger partial charge < -0.3 is 19.7 Å². The topological polar surface area (TPSA) is 50.8 Å². The molecule has 0 spiro atoms. The van der Waals surface area contributed by atoms with E-state index in [4.69, 9.17) is 9.47 Å². The van der Waals surface area contributed by atoms with Crippen LogP contribution in [0, 0.1) is 6.92 Å². The van der Waals surface area contributed by atoms with E-state index in [1.165, 1.54) is 0 Å². The van der Waals surface area contributed by atoms with Crippen LogP contribution in [-0.2, 0) is 9.53 Å². The van der Waals surface area contributed by atoms with Crippen molar-refractivity contribution in [1.29, 1.82) is 0 Å². The summed E-state index contributed by atoms with van der Waals surface area (Å²) in [6, 6.07) is 15.5. The van der Waals surface area contributed by atoms with Crippen molar-refractivity contribution in [3.8, 4) is 5.75 Å². The molecular weight excluding hydrogens is 316 g/mol. The van der Waals surface area contributed by atoms with Crippen molar-refractivity contribution in [3.63, 3.8) is 0 Å².